The second kappa shape index (κ2) is 3.80. The molecule has 20 heavy (non-hydrogen) atoms. The second-order valence-corrected chi connectivity index (χ2v) is 6.54. The van der Waals surface area contributed by atoms with Crippen molar-refractivity contribution in [2.45, 2.75) is 18.6 Å². The lowest BCUT2D eigenvalue weighted by atomic mass is 9.78. The van der Waals surface area contributed by atoms with Gasteiger partial charge in [0, 0.05) is 4.47 Å². The van der Waals surface area contributed by atoms with E-state index in [1.807, 2.05) is 31.2 Å². The first kappa shape index (κ1) is 12.3. The van der Waals surface area contributed by atoms with Gasteiger partial charge in [-0.15, -0.1) is 0 Å². The number of carbonyl (C=O) groups is 2. The number of carbonyl (C=O) groups excluding carboxylic acids is 2. The van der Waals surface area contributed by atoms with E-state index in [0.29, 0.717) is 5.69 Å². The van der Waals surface area contributed by atoms with Crippen molar-refractivity contribution in [2.24, 2.45) is 11.8 Å². The fraction of sp³-hybridized carbons (Fsp3) is 0.333. The van der Waals surface area contributed by atoms with E-state index in [-0.39, 0.29) is 23.8 Å². The molecule has 5 heteroatoms. The molecule has 2 amide bonds. The Kier molecular flexibility index (Phi) is 2.34. The van der Waals surface area contributed by atoms with E-state index in [2.05, 4.69) is 15.9 Å². The SMILES string of the molecule is C[C@@]12C=C[C@@H](O1)[C@H]1C(=O)N(c3cccc(Br)c3)C(=O)[C@@H]12. The van der Waals surface area contributed by atoms with Crippen LogP contribution in [0.15, 0.2) is 40.9 Å². The minimum Gasteiger partial charge on any atom is -0.362 e. The standard InChI is InChI=1S/C15H12BrNO3/c1-15-6-5-10(20-15)11-12(15)14(19)17(13(11)18)9-4-2-3-8(16)7-9/h2-7,10-12H,1H3/t10-,11-,12-,15+/m1/s1. The number of fused-ring (bicyclic) bond motifs is 5. The minimum absolute atomic E-state index is 0.156. The zero-order valence-electron chi connectivity index (χ0n) is 10.7. The highest BCUT2D eigenvalue weighted by Gasteiger charge is 2.65. The fourth-order valence-electron chi connectivity index (χ4n) is 3.52. The zero-order chi connectivity index (χ0) is 14.1. The summed E-state index contributed by atoms with van der Waals surface area (Å²) in [6, 6.07) is 7.25. The Labute approximate surface area is 124 Å². The van der Waals surface area contributed by atoms with Crippen molar-refractivity contribution in [2.75, 3.05) is 4.90 Å². The van der Waals surface area contributed by atoms with Crippen molar-refractivity contribution >= 4 is 33.4 Å². The van der Waals surface area contributed by atoms with Crippen LogP contribution in [-0.4, -0.2) is 23.5 Å². The first-order valence-electron chi connectivity index (χ1n) is 6.52. The van der Waals surface area contributed by atoms with Crippen LogP contribution < -0.4 is 4.90 Å². The predicted molar refractivity (Wildman–Crippen MR) is 76.0 cm³/mol. The summed E-state index contributed by atoms with van der Waals surface area (Å²) in [7, 11) is 0. The molecule has 0 saturated carbocycles. The van der Waals surface area contributed by atoms with Gasteiger partial charge in [0.2, 0.25) is 11.8 Å². The number of imide groups is 1. The van der Waals surface area contributed by atoms with Crippen LogP contribution in [0.4, 0.5) is 5.69 Å². The highest BCUT2D eigenvalue weighted by molar-refractivity contribution is 9.10. The minimum atomic E-state index is -0.636. The summed E-state index contributed by atoms with van der Waals surface area (Å²) in [5.41, 5.74) is -0.0187. The average Bonchev–Trinajstić information content (AvgIpc) is 2.99. The van der Waals surface area contributed by atoms with E-state index in [4.69, 9.17) is 4.74 Å². The molecule has 3 aliphatic rings. The van der Waals surface area contributed by atoms with Gasteiger partial charge >= 0.3 is 0 Å². The Morgan fingerprint density at radius 2 is 2.10 bits per heavy atom. The van der Waals surface area contributed by atoms with E-state index >= 15 is 0 Å². The van der Waals surface area contributed by atoms with E-state index in [1.54, 1.807) is 12.1 Å². The maximum atomic E-state index is 12.7. The third kappa shape index (κ3) is 1.39. The van der Waals surface area contributed by atoms with Crippen molar-refractivity contribution in [3.8, 4) is 0 Å². The van der Waals surface area contributed by atoms with Gasteiger partial charge in [-0.3, -0.25) is 9.59 Å². The largest absolute Gasteiger partial charge is 0.362 e. The van der Waals surface area contributed by atoms with Gasteiger partial charge in [0.05, 0.1) is 29.2 Å². The zero-order valence-corrected chi connectivity index (χ0v) is 12.3. The highest BCUT2D eigenvalue weighted by atomic mass is 79.9. The number of ether oxygens (including phenoxy) is 1. The number of nitrogens with zero attached hydrogens (tertiary/aromatic N) is 1. The van der Waals surface area contributed by atoms with Gasteiger partial charge in [-0.05, 0) is 25.1 Å². The second-order valence-electron chi connectivity index (χ2n) is 5.62. The predicted octanol–water partition coefficient (Wildman–Crippen LogP) is 2.28. The summed E-state index contributed by atoms with van der Waals surface area (Å²) in [5, 5.41) is 0. The molecule has 0 spiro atoms. The smallest absolute Gasteiger partial charge is 0.241 e. The van der Waals surface area contributed by atoms with Gasteiger partial charge in [-0.2, -0.15) is 0 Å². The molecule has 3 aliphatic heterocycles. The third-order valence-corrected chi connectivity index (χ3v) is 4.89. The lowest BCUT2D eigenvalue weighted by Crippen LogP contribution is -2.38. The fourth-order valence-corrected chi connectivity index (χ4v) is 3.91. The molecule has 0 aromatic heterocycles. The van der Waals surface area contributed by atoms with E-state index < -0.39 is 11.5 Å². The van der Waals surface area contributed by atoms with Crippen LogP contribution in [0.1, 0.15) is 6.92 Å². The normalized spacial score (nSPS) is 37.9. The Morgan fingerprint density at radius 1 is 1.30 bits per heavy atom. The van der Waals surface area contributed by atoms with Crippen LogP contribution in [0.2, 0.25) is 0 Å². The monoisotopic (exact) mass is 333 g/mol. The number of rotatable bonds is 1. The quantitative estimate of drug-likeness (QED) is 0.585. The van der Waals surface area contributed by atoms with E-state index in [9.17, 15) is 9.59 Å². The molecule has 2 saturated heterocycles. The van der Waals surface area contributed by atoms with Crippen LogP contribution in [0, 0.1) is 11.8 Å². The molecule has 4 rings (SSSR count). The maximum Gasteiger partial charge on any atom is 0.241 e. The number of benzene rings is 1. The van der Waals surface area contributed by atoms with Crippen molar-refractivity contribution in [1.82, 2.24) is 0 Å². The van der Waals surface area contributed by atoms with E-state index in [1.165, 1.54) is 4.90 Å². The number of amides is 2. The van der Waals surface area contributed by atoms with E-state index in [0.717, 1.165) is 4.47 Å². The van der Waals surface area contributed by atoms with Gasteiger partial charge in [0.1, 0.15) is 0 Å². The molecule has 1 aromatic rings. The molecule has 0 N–H and O–H groups in total. The molecule has 4 nitrogen and oxygen atoms in total. The van der Waals surface area contributed by atoms with Crippen molar-refractivity contribution in [3.63, 3.8) is 0 Å². The van der Waals surface area contributed by atoms with Gasteiger partial charge in [-0.1, -0.05) is 34.1 Å². The molecular weight excluding hydrogens is 322 g/mol. The number of hydrogen-bond donors (Lipinski definition) is 0. The van der Waals surface area contributed by atoms with Crippen LogP contribution in [-0.2, 0) is 14.3 Å². The lowest BCUT2D eigenvalue weighted by molar-refractivity contribution is -0.126. The highest BCUT2D eigenvalue weighted by Crippen LogP contribution is 2.52. The Morgan fingerprint density at radius 3 is 2.80 bits per heavy atom. The van der Waals surface area contributed by atoms with Gasteiger partial charge in [-0.25, -0.2) is 4.90 Å². The number of hydrogen-bond acceptors (Lipinski definition) is 3. The van der Waals surface area contributed by atoms with Crippen LogP contribution >= 0.6 is 15.9 Å². The molecule has 102 valence electrons. The first-order valence-corrected chi connectivity index (χ1v) is 7.31. The molecule has 0 radical (unpaired) electrons. The molecule has 0 aliphatic carbocycles. The Hall–Kier alpha value is -1.46. The van der Waals surface area contributed by atoms with Crippen molar-refractivity contribution in [1.29, 1.82) is 0 Å². The third-order valence-electron chi connectivity index (χ3n) is 4.40. The maximum absolute atomic E-state index is 12.7. The summed E-state index contributed by atoms with van der Waals surface area (Å²) >= 11 is 3.37. The average molecular weight is 334 g/mol. The molecular formula is C15H12BrNO3. The number of halogens is 1. The van der Waals surface area contributed by atoms with Crippen LogP contribution in [0.25, 0.3) is 0 Å². The Bertz CT molecular complexity index is 671. The van der Waals surface area contributed by atoms with Crippen LogP contribution in [0.3, 0.4) is 0 Å². The van der Waals surface area contributed by atoms with Crippen LogP contribution in [0.5, 0.6) is 0 Å². The molecule has 1 aromatic carbocycles. The molecule has 2 bridgehead atoms. The lowest BCUT2D eigenvalue weighted by Gasteiger charge is -2.24. The van der Waals surface area contributed by atoms with Gasteiger partial charge < -0.3 is 4.74 Å². The topological polar surface area (TPSA) is 46.6 Å². The molecule has 3 heterocycles. The van der Waals surface area contributed by atoms with Crippen molar-refractivity contribution in [3.05, 3.63) is 40.9 Å². The summed E-state index contributed by atoms with van der Waals surface area (Å²) < 4.78 is 6.63. The molecule has 2 fully saturated rings. The first-order chi connectivity index (χ1) is 9.51. The van der Waals surface area contributed by atoms with Gasteiger partial charge in [0.25, 0.3) is 0 Å². The van der Waals surface area contributed by atoms with Crippen molar-refractivity contribution < 1.29 is 14.3 Å². The number of anilines is 1. The summed E-state index contributed by atoms with van der Waals surface area (Å²) in [6.07, 6.45) is 3.55. The molecule has 0 unspecified atom stereocenters. The summed E-state index contributed by atoms with van der Waals surface area (Å²) in [4.78, 5) is 26.6. The summed E-state index contributed by atoms with van der Waals surface area (Å²) in [6.45, 7) is 1.88. The van der Waals surface area contributed by atoms with Gasteiger partial charge in [0.15, 0.2) is 0 Å². The Balaban J connectivity index is 1.79. The summed E-state index contributed by atoms with van der Waals surface area (Å²) in [5.74, 6) is -1.09. The molecule has 4 atom stereocenters.